The maximum atomic E-state index is 5.88. The fraction of sp³-hybridized carbons (Fsp3) is 0.222. The van der Waals surface area contributed by atoms with Crippen molar-refractivity contribution in [1.82, 2.24) is 19.9 Å². The molecule has 0 spiro atoms. The molecule has 4 heterocycles. The van der Waals surface area contributed by atoms with Crippen molar-refractivity contribution in [3.05, 3.63) is 107 Å². The van der Waals surface area contributed by atoms with Crippen LogP contribution in [0.15, 0.2) is 79.3 Å². The molecule has 0 aliphatic carbocycles. The minimum atomic E-state index is -0.0626. The molecule has 33 heavy (non-hydrogen) atoms. The molecule has 1 fully saturated rings. The Bertz CT molecular complexity index is 1270. The maximum Gasteiger partial charge on any atom is 0.174 e. The predicted molar refractivity (Wildman–Crippen MR) is 137 cm³/mol. The fourth-order valence-corrected chi connectivity index (χ4v) is 5.16. The molecule has 0 saturated carbocycles. The number of hydrogen-bond acceptors (Lipinski definition) is 3. The first kappa shape index (κ1) is 21.3. The van der Waals surface area contributed by atoms with Crippen LogP contribution in [-0.4, -0.2) is 19.6 Å². The average molecular weight is 454 g/mol. The van der Waals surface area contributed by atoms with Gasteiger partial charge in [-0.05, 0) is 86.1 Å². The number of anilines is 1. The van der Waals surface area contributed by atoms with E-state index in [1.165, 1.54) is 16.8 Å². The molecule has 6 heteroatoms. The van der Waals surface area contributed by atoms with Gasteiger partial charge in [0.25, 0.3) is 0 Å². The van der Waals surface area contributed by atoms with E-state index in [0.717, 1.165) is 29.2 Å². The summed E-state index contributed by atoms with van der Waals surface area (Å²) < 4.78 is 2.26. The molecular weight excluding hydrogens is 426 g/mol. The number of aryl methyl sites for hydroxylation is 2. The third-order valence-corrected chi connectivity index (χ3v) is 6.73. The molecule has 5 nitrogen and oxygen atoms in total. The van der Waals surface area contributed by atoms with E-state index in [2.05, 4.69) is 88.0 Å². The molecule has 1 saturated heterocycles. The van der Waals surface area contributed by atoms with Gasteiger partial charge in [0.05, 0.1) is 29.7 Å². The monoisotopic (exact) mass is 453 g/mol. The highest BCUT2D eigenvalue weighted by Crippen LogP contribution is 2.43. The van der Waals surface area contributed by atoms with Crippen LogP contribution in [0.2, 0.25) is 0 Å². The van der Waals surface area contributed by atoms with Gasteiger partial charge >= 0.3 is 0 Å². The zero-order valence-corrected chi connectivity index (χ0v) is 19.9. The van der Waals surface area contributed by atoms with E-state index in [4.69, 9.17) is 12.2 Å². The summed E-state index contributed by atoms with van der Waals surface area (Å²) in [5.74, 6) is 0. The lowest BCUT2D eigenvalue weighted by atomic mass is 9.96. The quantitative estimate of drug-likeness (QED) is 0.397. The standard InChI is InChI=1S/C27H27N5S/c1-4-20-10-12-21(13-11-20)32-26(25(30-27(32)33)24-9-5-6-15-29-24)23-16-18(2)31(19(23)3)22-8-7-14-28-17-22/h5-17,25-26H,4H2,1-3H3,(H,30,33)/t25-,26+/m0/s1. The Morgan fingerprint density at radius 1 is 0.970 bits per heavy atom. The van der Waals surface area contributed by atoms with Gasteiger partial charge in [-0.15, -0.1) is 0 Å². The van der Waals surface area contributed by atoms with Crippen LogP contribution in [0.5, 0.6) is 0 Å². The van der Waals surface area contributed by atoms with E-state index in [1.54, 1.807) is 6.20 Å². The van der Waals surface area contributed by atoms with Crippen molar-refractivity contribution in [2.24, 2.45) is 0 Å². The molecule has 1 aliphatic heterocycles. The molecule has 166 valence electrons. The number of pyridine rings is 2. The Morgan fingerprint density at radius 2 is 1.79 bits per heavy atom. The normalized spacial score (nSPS) is 17.9. The third kappa shape index (κ3) is 3.80. The molecule has 0 unspecified atom stereocenters. The van der Waals surface area contributed by atoms with Crippen molar-refractivity contribution in [2.45, 2.75) is 39.3 Å². The number of aromatic nitrogens is 3. The number of nitrogens with zero attached hydrogens (tertiary/aromatic N) is 4. The van der Waals surface area contributed by atoms with Gasteiger partial charge in [-0.1, -0.05) is 25.1 Å². The highest BCUT2D eigenvalue weighted by Gasteiger charge is 2.42. The summed E-state index contributed by atoms with van der Waals surface area (Å²) in [6.45, 7) is 6.48. The second kappa shape index (κ2) is 8.79. The van der Waals surface area contributed by atoms with E-state index in [1.807, 2.05) is 30.6 Å². The molecule has 1 aromatic carbocycles. The average Bonchev–Trinajstić information content (AvgIpc) is 3.35. The SMILES string of the molecule is CCc1ccc(N2C(=S)N[C@@H](c3ccccn3)[C@H]2c2cc(C)n(-c3cccnc3)c2C)cc1. The molecule has 1 aliphatic rings. The molecule has 2 atom stereocenters. The van der Waals surface area contributed by atoms with Gasteiger partial charge in [0.2, 0.25) is 0 Å². The van der Waals surface area contributed by atoms with Gasteiger partial charge in [-0.3, -0.25) is 9.97 Å². The summed E-state index contributed by atoms with van der Waals surface area (Å²) in [4.78, 5) is 11.2. The first-order valence-electron chi connectivity index (χ1n) is 11.3. The van der Waals surface area contributed by atoms with E-state index >= 15 is 0 Å². The fourth-order valence-electron chi connectivity index (χ4n) is 4.81. The van der Waals surface area contributed by atoms with Crippen LogP contribution in [-0.2, 0) is 6.42 Å². The maximum absolute atomic E-state index is 5.88. The summed E-state index contributed by atoms with van der Waals surface area (Å²) in [6.07, 6.45) is 6.56. The minimum absolute atomic E-state index is 0.0310. The highest BCUT2D eigenvalue weighted by atomic mass is 32.1. The Hall–Kier alpha value is -3.51. The lowest BCUT2D eigenvalue weighted by molar-refractivity contribution is 0.565. The summed E-state index contributed by atoms with van der Waals surface area (Å²) in [6, 6.07) is 21.0. The molecule has 0 radical (unpaired) electrons. The first-order chi connectivity index (χ1) is 16.1. The predicted octanol–water partition coefficient (Wildman–Crippen LogP) is 5.62. The van der Waals surface area contributed by atoms with Crippen molar-refractivity contribution in [3.63, 3.8) is 0 Å². The van der Waals surface area contributed by atoms with Crippen LogP contribution >= 0.6 is 12.2 Å². The molecular formula is C27H27N5S. The first-order valence-corrected chi connectivity index (χ1v) is 11.7. The molecule has 1 N–H and O–H groups in total. The van der Waals surface area contributed by atoms with Gasteiger partial charge in [-0.2, -0.15) is 0 Å². The van der Waals surface area contributed by atoms with Crippen molar-refractivity contribution in [2.75, 3.05) is 4.90 Å². The molecule has 0 bridgehead atoms. The van der Waals surface area contributed by atoms with Crippen molar-refractivity contribution < 1.29 is 0 Å². The minimum Gasteiger partial charge on any atom is -0.351 e. The molecule has 3 aromatic heterocycles. The smallest absolute Gasteiger partial charge is 0.174 e. The van der Waals surface area contributed by atoms with Crippen molar-refractivity contribution in [1.29, 1.82) is 0 Å². The van der Waals surface area contributed by atoms with Crippen molar-refractivity contribution >= 4 is 23.0 Å². The molecule has 4 aromatic rings. The van der Waals surface area contributed by atoms with Crippen LogP contribution in [0, 0.1) is 13.8 Å². The summed E-state index contributed by atoms with van der Waals surface area (Å²) in [7, 11) is 0. The van der Waals surface area contributed by atoms with Crippen molar-refractivity contribution in [3.8, 4) is 5.69 Å². The van der Waals surface area contributed by atoms with Crippen LogP contribution in [0.3, 0.4) is 0 Å². The molecule has 0 amide bonds. The number of thiocarbonyl (C=S) groups is 1. The van der Waals surface area contributed by atoms with Crippen LogP contribution in [0.1, 0.15) is 47.2 Å². The Morgan fingerprint density at radius 3 is 2.45 bits per heavy atom. The van der Waals surface area contributed by atoms with E-state index < -0.39 is 0 Å². The van der Waals surface area contributed by atoms with Crippen LogP contribution < -0.4 is 10.2 Å². The van der Waals surface area contributed by atoms with E-state index in [9.17, 15) is 0 Å². The Balaban J connectivity index is 1.66. The third-order valence-electron chi connectivity index (χ3n) is 6.41. The lowest BCUT2D eigenvalue weighted by Gasteiger charge is -2.28. The largest absolute Gasteiger partial charge is 0.351 e. The van der Waals surface area contributed by atoms with Crippen LogP contribution in [0.4, 0.5) is 5.69 Å². The summed E-state index contributed by atoms with van der Waals surface area (Å²) >= 11 is 5.88. The lowest BCUT2D eigenvalue weighted by Crippen LogP contribution is -2.29. The second-order valence-electron chi connectivity index (χ2n) is 8.39. The Labute approximate surface area is 200 Å². The number of rotatable bonds is 5. The second-order valence-corrected chi connectivity index (χ2v) is 8.78. The number of hydrogen-bond donors (Lipinski definition) is 1. The van der Waals surface area contributed by atoms with Gasteiger partial charge < -0.3 is 14.8 Å². The molecule has 5 rings (SSSR count). The topological polar surface area (TPSA) is 46.0 Å². The van der Waals surface area contributed by atoms with E-state index in [0.29, 0.717) is 5.11 Å². The highest BCUT2D eigenvalue weighted by molar-refractivity contribution is 7.80. The number of nitrogens with one attached hydrogen (secondary N) is 1. The van der Waals surface area contributed by atoms with Gasteiger partial charge in [0.1, 0.15) is 0 Å². The van der Waals surface area contributed by atoms with Gasteiger partial charge in [-0.25, -0.2) is 0 Å². The van der Waals surface area contributed by atoms with Crippen LogP contribution in [0.25, 0.3) is 5.69 Å². The zero-order valence-electron chi connectivity index (χ0n) is 19.1. The zero-order chi connectivity index (χ0) is 22.9. The van der Waals surface area contributed by atoms with Gasteiger partial charge in [0.15, 0.2) is 5.11 Å². The van der Waals surface area contributed by atoms with E-state index in [-0.39, 0.29) is 12.1 Å². The number of benzene rings is 1. The van der Waals surface area contributed by atoms with Gasteiger partial charge in [0, 0.05) is 29.5 Å². The summed E-state index contributed by atoms with van der Waals surface area (Å²) in [5.41, 5.74) is 7.98. The summed E-state index contributed by atoms with van der Waals surface area (Å²) in [5, 5.41) is 4.28. The Kier molecular flexibility index (Phi) is 5.68.